The van der Waals surface area contributed by atoms with Crippen molar-refractivity contribution in [3.8, 4) is 0 Å². The summed E-state index contributed by atoms with van der Waals surface area (Å²) in [6.45, 7) is 2.44. The maximum absolute atomic E-state index is 12.5. The van der Waals surface area contributed by atoms with Crippen LogP contribution in [0.25, 0.3) is 0 Å². The summed E-state index contributed by atoms with van der Waals surface area (Å²) in [5.74, 6) is 0.0423. The minimum atomic E-state index is -0.181. The molecule has 0 saturated carbocycles. The number of amides is 1. The van der Waals surface area contributed by atoms with Gasteiger partial charge in [-0.1, -0.05) is 0 Å². The van der Waals surface area contributed by atoms with Gasteiger partial charge in [0.25, 0.3) is 5.91 Å². The normalized spacial score (nSPS) is 10.2. The van der Waals surface area contributed by atoms with Gasteiger partial charge in [0.15, 0.2) is 0 Å². The van der Waals surface area contributed by atoms with E-state index >= 15 is 0 Å². The zero-order chi connectivity index (χ0) is 13.8. The van der Waals surface area contributed by atoms with Crippen LogP contribution < -0.4 is 10.6 Å². The standard InChI is InChI=1S/C13H13BrN4O/c1-2-18(10-3-5-16-6-4-10)13(19)11-7-9(14)8-17-12(11)15/h3-8H,2H2,1H3,(H2,15,17). The van der Waals surface area contributed by atoms with Gasteiger partial charge in [0.05, 0.1) is 5.56 Å². The molecule has 0 aliphatic rings. The maximum atomic E-state index is 12.5. The molecular weight excluding hydrogens is 308 g/mol. The highest BCUT2D eigenvalue weighted by Crippen LogP contribution is 2.21. The van der Waals surface area contributed by atoms with E-state index in [1.165, 1.54) is 0 Å². The summed E-state index contributed by atoms with van der Waals surface area (Å²) < 4.78 is 0.718. The van der Waals surface area contributed by atoms with Gasteiger partial charge < -0.3 is 10.6 Å². The highest BCUT2D eigenvalue weighted by atomic mass is 79.9. The Morgan fingerprint density at radius 3 is 2.74 bits per heavy atom. The van der Waals surface area contributed by atoms with Crippen LogP contribution >= 0.6 is 15.9 Å². The summed E-state index contributed by atoms with van der Waals surface area (Å²) in [5, 5.41) is 0. The van der Waals surface area contributed by atoms with Crippen LogP contribution in [-0.4, -0.2) is 22.4 Å². The molecule has 0 aromatic carbocycles. The van der Waals surface area contributed by atoms with E-state index in [1.807, 2.05) is 6.92 Å². The number of rotatable bonds is 3. The first-order valence-corrected chi connectivity index (χ1v) is 6.55. The monoisotopic (exact) mass is 320 g/mol. The molecule has 19 heavy (non-hydrogen) atoms. The molecule has 2 aromatic rings. The zero-order valence-corrected chi connectivity index (χ0v) is 12.0. The van der Waals surface area contributed by atoms with Crippen molar-refractivity contribution >= 4 is 33.3 Å². The molecule has 98 valence electrons. The Morgan fingerprint density at radius 1 is 1.42 bits per heavy atom. The number of hydrogen-bond acceptors (Lipinski definition) is 4. The molecule has 2 N–H and O–H groups in total. The van der Waals surface area contributed by atoms with Crippen LogP contribution in [0.4, 0.5) is 11.5 Å². The van der Waals surface area contributed by atoms with Crippen LogP contribution in [0.1, 0.15) is 17.3 Å². The van der Waals surface area contributed by atoms with Crippen molar-refractivity contribution in [1.29, 1.82) is 0 Å². The molecule has 0 aliphatic carbocycles. The molecular formula is C13H13BrN4O. The fourth-order valence-corrected chi connectivity index (χ4v) is 2.07. The molecule has 0 aliphatic heterocycles. The number of pyridine rings is 2. The molecule has 0 saturated heterocycles. The van der Waals surface area contributed by atoms with Gasteiger partial charge in [-0.25, -0.2) is 4.98 Å². The first kappa shape index (κ1) is 13.5. The SMILES string of the molecule is CCN(C(=O)c1cc(Br)cnc1N)c1ccncc1. The number of nitrogens with two attached hydrogens (primary N) is 1. The third-order valence-corrected chi connectivity index (χ3v) is 3.09. The second-order valence-corrected chi connectivity index (χ2v) is 4.76. The Labute approximate surface area is 119 Å². The third-order valence-electron chi connectivity index (χ3n) is 2.65. The summed E-state index contributed by atoms with van der Waals surface area (Å²) in [6.07, 6.45) is 4.86. The fourth-order valence-electron chi connectivity index (χ4n) is 1.73. The number of carbonyl (C=O) groups excluding carboxylic acids is 1. The molecule has 0 fully saturated rings. The van der Waals surface area contributed by atoms with Crippen LogP contribution in [0.3, 0.4) is 0 Å². The van der Waals surface area contributed by atoms with Crippen molar-refractivity contribution in [2.45, 2.75) is 6.92 Å². The number of aromatic nitrogens is 2. The van der Waals surface area contributed by atoms with E-state index in [0.717, 1.165) is 10.2 Å². The third kappa shape index (κ3) is 2.90. The van der Waals surface area contributed by atoms with Crippen molar-refractivity contribution in [1.82, 2.24) is 9.97 Å². The minimum Gasteiger partial charge on any atom is -0.383 e. The van der Waals surface area contributed by atoms with Crippen LogP contribution in [-0.2, 0) is 0 Å². The Hall–Kier alpha value is -1.95. The Morgan fingerprint density at radius 2 is 2.11 bits per heavy atom. The maximum Gasteiger partial charge on any atom is 0.262 e. The van der Waals surface area contributed by atoms with Gasteiger partial charge in [-0.15, -0.1) is 0 Å². The van der Waals surface area contributed by atoms with Crippen LogP contribution in [0.5, 0.6) is 0 Å². The lowest BCUT2D eigenvalue weighted by atomic mass is 10.2. The molecule has 0 atom stereocenters. The number of nitrogen functional groups attached to an aromatic ring is 1. The number of anilines is 2. The molecule has 2 aromatic heterocycles. The van der Waals surface area contributed by atoms with Gasteiger partial charge in [-0.05, 0) is 41.1 Å². The number of hydrogen-bond donors (Lipinski definition) is 1. The summed E-state index contributed by atoms with van der Waals surface area (Å²) >= 11 is 3.29. The molecule has 2 rings (SSSR count). The second kappa shape index (κ2) is 5.79. The van der Waals surface area contributed by atoms with Crippen molar-refractivity contribution in [2.24, 2.45) is 0 Å². The molecule has 0 bridgehead atoms. The molecule has 6 heteroatoms. The first-order valence-electron chi connectivity index (χ1n) is 5.76. The fraction of sp³-hybridized carbons (Fsp3) is 0.154. The van der Waals surface area contributed by atoms with Gasteiger partial charge in [-0.2, -0.15) is 0 Å². The van der Waals surface area contributed by atoms with Gasteiger partial charge in [0.1, 0.15) is 5.82 Å². The molecule has 0 spiro atoms. The van der Waals surface area contributed by atoms with Gasteiger partial charge in [0, 0.05) is 35.3 Å². The van der Waals surface area contributed by atoms with Gasteiger partial charge in [-0.3, -0.25) is 9.78 Å². The Balaban J connectivity index is 2.39. The smallest absolute Gasteiger partial charge is 0.262 e. The van der Waals surface area contributed by atoms with E-state index in [-0.39, 0.29) is 11.7 Å². The van der Waals surface area contributed by atoms with E-state index in [2.05, 4.69) is 25.9 Å². The van der Waals surface area contributed by atoms with E-state index in [0.29, 0.717) is 12.1 Å². The van der Waals surface area contributed by atoms with Gasteiger partial charge in [0.2, 0.25) is 0 Å². The van der Waals surface area contributed by atoms with Crippen LogP contribution in [0.2, 0.25) is 0 Å². The van der Waals surface area contributed by atoms with Crippen LogP contribution in [0.15, 0.2) is 41.3 Å². The summed E-state index contributed by atoms with van der Waals surface area (Å²) in [4.78, 5) is 22.1. The van der Waals surface area contributed by atoms with Crippen molar-refractivity contribution < 1.29 is 4.79 Å². The zero-order valence-electron chi connectivity index (χ0n) is 10.4. The van der Waals surface area contributed by atoms with E-state index in [9.17, 15) is 4.79 Å². The summed E-state index contributed by atoms with van der Waals surface area (Å²) in [7, 11) is 0. The predicted octanol–water partition coefficient (Wildman–Crippen LogP) is 2.49. The van der Waals surface area contributed by atoms with E-state index in [1.54, 1.807) is 41.7 Å². The number of nitrogens with zero attached hydrogens (tertiary/aromatic N) is 3. The lowest BCUT2D eigenvalue weighted by Gasteiger charge is -2.21. The summed E-state index contributed by atoms with van der Waals surface area (Å²) in [5.41, 5.74) is 6.93. The highest BCUT2D eigenvalue weighted by Gasteiger charge is 2.19. The average Bonchev–Trinajstić information content (AvgIpc) is 2.43. The van der Waals surface area contributed by atoms with Crippen molar-refractivity contribution in [3.63, 3.8) is 0 Å². The quantitative estimate of drug-likeness (QED) is 0.943. The van der Waals surface area contributed by atoms with Crippen molar-refractivity contribution in [3.05, 3.63) is 46.8 Å². The number of carbonyl (C=O) groups is 1. The van der Waals surface area contributed by atoms with Gasteiger partial charge >= 0.3 is 0 Å². The highest BCUT2D eigenvalue weighted by molar-refractivity contribution is 9.10. The largest absolute Gasteiger partial charge is 0.383 e. The average molecular weight is 321 g/mol. The Bertz CT molecular complexity index is 588. The topological polar surface area (TPSA) is 72.1 Å². The first-order chi connectivity index (χ1) is 9.13. The van der Waals surface area contributed by atoms with Crippen molar-refractivity contribution in [2.75, 3.05) is 17.2 Å². The Kier molecular flexibility index (Phi) is 4.11. The van der Waals surface area contributed by atoms with E-state index in [4.69, 9.17) is 5.73 Å². The minimum absolute atomic E-state index is 0.181. The predicted molar refractivity (Wildman–Crippen MR) is 77.9 cm³/mol. The second-order valence-electron chi connectivity index (χ2n) is 3.84. The molecule has 5 nitrogen and oxygen atoms in total. The lowest BCUT2D eigenvalue weighted by molar-refractivity contribution is 0.0989. The molecule has 0 unspecified atom stereocenters. The molecule has 0 radical (unpaired) electrons. The lowest BCUT2D eigenvalue weighted by Crippen LogP contribution is -2.31. The molecule has 1 amide bonds. The molecule has 2 heterocycles. The van der Waals surface area contributed by atoms with E-state index < -0.39 is 0 Å². The van der Waals surface area contributed by atoms with Crippen LogP contribution in [0, 0.1) is 0 Å². The number of halogens is 1. The summed E-state index contributed by atoms with van der Waals surface area (Å²) in [6, 6.07) is 5.24.